The number of nitrogens with zero attached hydrogens (tertiary/aromatic N) is 5. The van der Waals surface area contributed by atoms with Crippen LogP contribution in [0.1, 0.15) is 68.1 Å². The number of pyridine rings is 1. The van der Waals surface area contributed by atoms with Crippen molar-refractivity contribution in [2.24, 2.45) is 11.8 Å². The van der Waals surface area contributed by atoms with Crippen molar-refractivity contribution < 1.29 is 29.3 Å². The zero-order chi connectivity index (χ0) is 39.7. The van der Waals surface area contributed by atoms with Gasteiger partial charge in [0.1, 0.15) is 28.6 Å². The highest BCUT2D eigenvalue weighted by Crippen LogP contribution is 2.44. The molecule has 6 aromatic rings. The number of imidazole rings is 1. The number of nitrogens with one attached hydrogen (secondary N) is 1. The molecule has 0 radical (unpaired) electrons. The number of aromatic nitrogens is 4. The van der Waals surface area contributed by atoms with E-state index in [9.17, 15) is 19.8 Å². The molecule has 9 rings (SSSR count). The van der Waals surface area contributed by atoms with Crippen LogP contribution in [0.3, 0.4) is 0 Å². The highest BCUT2D eigenvalue weighted by atomic mass is 16.6. The number of carbonyl (C=O) groups excluding carboxylic acids is 2. The maximum Gasteiger partial charge on any atom is 0.407 e. The monoisotopic (exact) mass is 768 g/mol. The van der Waals surface area contributed by atoms with Crippen LogP contribution in [0, 0.1) is 11.8 Å². The van der Waals surface area contributed by atoms with Crippen LogP contribution in [0.2, 0.25) is 0 Å². The molecule has 57 heavy (non-hydrogen) atoms. The van der Waals surface area contributed by atoms with Gasteiger partial charge in [0.05, 0.1) is 36.5 Å². The molecule has 1 aliphatic carbocycles. The molecule has 4 bridgehead atoms. The van der Waals surface area contributed by atoms with Crippen LogP contribution in [0.5, 0.6) is 5.75 Å². The number of benzene rings is 3. The Hall–Kier alpha value is -5.72. The molecule has 3 aliphatic rings. The molecule has 1 unspecified atom stereocenters. The van der Waals surface area contributed by atoms with Crippen molar-refractivity contribution in [2.75, 3.05) is 13.7 Å². The minimum atomic E-state index is -1.10. The number of hydrogen-bond acceptors (Lipinski definition) is 8. The summed E-state index contributed by atoms with van der Waals surface area (Å²) < 4.78 is 15.9. The molecule has 12 heteroatoms. The Morgan fingerprint density at radius 3 is 2.58 bits per heavy atom. The molecule has 5 heterocycles. The van der Waals surface area contributed by atoms with Crippen molar-refractivity contribution in [3.63, 3.8) is 0 Å². The van der Waals surface area contributed by atoms with Crippen molar-refractivity contribution >= 4 is 34.1 Å². The Morgan fingerprint density at radius 2 is 1.79 bits per heavy atom. The first-order valence-corrected chi connectivity index (χ1v) is 19.8. The number of methoxy groups -OCH3 is 1. The van der Waals surface area contributed by atoms with Crippen molar-refractivity contribution in [1.82, 2.24) is 29.3 Å². The number of ether oxygens (including phenoxy) is 2. The quantitative estimate of drug-likeness (QED) is 0.176. The largest absolute Gasteiger partial charge is 0.494 e. The van der Waals surface area contributed by atoms with E-state index >= 15 is 0 Å². The van der Waals surface area contributed by atoms with E-state index in [-0.39, 0.29) is 36.2 Å². The molecular formula is C45H48N6O6. The topological polar surface area (TPSA) is 144 Å². The third-order valence-corrected chi connectivity index (χ3v) is 12.0. The summed E-state index contributed by atoms with van der Waals surface area (Å²) in [5, 5.41) is 27.0. The van der Waals surface area contributed by atoms with Crippen molar-refractivity contribution in [3.05, 3.63) is 102 Å². The number of rotatable bonds is 3. The average molecular weight is 769 g/mol. The van der Waals surface area contributed by atoms with Crippen LogP contribution < -0.4 is 10.1 Å². The van der Waals surface area contributed by atoms with Crippen molar-refractivity contribution in [2.45, 2.75) is 83.5 Å². The van der Waals surface area contributed by atoms with E-state index in [1.165, 1.54) is 0 Å². The maximum atomic E-state index is 14.6. The molecule has 2 amide bonds. The van der Waals surface area contributed by atoms with Crippen molar-refractivity contribution in [1.29, 1.82) is 0 Å². The molecule has 2 aliphatic heterocycles. The molecule has 294 valence electrons. The molecule has 12 nitrogen and oxygen atoms in total. The fourth-order valence-electron chi connectivity index (χ4n) is 9.45. The van der Waals surface area contributed by atoms with Crippen molar-refractivity contribution in [3.8, 4) is 28.4 Å². The zero-order valence-electron chi connectivity index (χ0n) is 32.8. The fourth-order valence-corrected chi connectivity index (χ4v) is 9.45. The first-order valence-electron chi connectivity index (χ1n) is 19.8. The van der Waals surface area contributed by atoms with Gasteiger partial charge in [-0.15, -0.1) is 0 Å². The predicted octanol–water partition coefficient (Wildman–Crippen LogP) is 6.95. The number of amides is 2. The summed E-state index contributed by atoms with van der Waals surface area (Å²) in [6, 6.07) is 25.0. The van der Waals surface area contributed by atoms with Crippen LogP contribution in [-0.2, 0) is 17.8 Å². The highest BCUT2D eigenvalue weighted by Gasteiger charge is 2.53. The highest BCUT2D eigenvalue weighted by molar-refractivity contribution is 6.00. The van der Waals surface area contributed by atoms with Gasteiger partial charge in [0.2, 0.25) is 0 Å². The summed E-state index contributed by atoms with van der Waals surface area (Å²) in [5.41, 5.74) is 6.10. The Kier molecular flexibility index (Phi) is 9.08. The lowest BCUT2D eigenvalue weighted by molar-refractivity contribution is 0.0115. The third-order valence-electron chi connectivity index (χ3n) is 12.0. The second kappa shape index (κ2) is 14.0. The number of alkyl carbamates (subject to hydrolysis) is 1. The van der Waals surface area contributed by atoms with E-state index in [1.54, 1.807) is 19.4 Å². The number of aliphatic hydroxyl groups is 2. The van der Waals surface area contributed by atoms with Crippen LogP contribution in [0.25, 0.3) is 44.7 Å². The molecule has 2 fully saturated rings. The molecule has 1 saturated carbocycles. The fraction of sp³-hybridized carbons (Fsp3) is 0.378. The van der Waals surface area contributed by atoms with E-state index < -0.39 is 23.9 Å². The number of likely N-dealkylation sites (tertiary alicyclic amines) is 1. The van der Waals surface area contributed by atoms with E-state index in [2.05, 4.69) is 39.6 Å². The lowest BCUT2D eigenvalue weighted by Gasteiger charge is -2.34. The Bertz CT molecular complexity index is 2540. The van der Waals surface area contributed by atoms with Crippen LogP contribution in [0.4, 0.5) is 4.79 Å². The SMILES string of the molecule is COc1cc(C(=O)N2C[C@H]3CC(NC(=O)OC(C)(C)C)[C@@H]2[C@@H]3C)cc2nc3n(c12)Cc1cccc(c1)-c1ccccc1[C@H](O)[C@H](O)CCn1c-3cc2cccnc21. The molecule has 0 spiro atoms. The second-order valence-electron chi connectivity index (χ2n) is 16.8. The Labute approximate surface area is 331 Å². The number of aliphatic hydroxyl groups excluding tert-OH is 2. The van der Waals surface area contributed by atoms with Gasteiger partial charge in [0.15, 0.2) is 5.82 Å². The van der Waals surface area contributed by atoms with Crippen LogP contribution in [0.15, 0.2) is 85.1 Å². The standard InChI is InChI=1S/C45H48N6O6/c1-25-30-20-33(48-44(55)57-45(2,3)4)38(25)51(24-30)43(54)29-19-34-39(37(22-29)56-5)50-23-26-10-8-11-27(18-26)31-13-6-7-14-32(31)40(53)36(52)15-17-49-35(42(50)47-34)21-28-12-9-16-46-41(28)49/h6-14,16,18-19,21-22,25,30,33,36,38,40,52-53H,15,17,20,23-24H2,1-5H3,(H,48,55)/t25-,30-,33?,36-,38+,40+/m1/s1. The number of carbonyl (C=O) groups is 2. The smallest absolute Gasteiger partial charge is 0.407 e. The van der Waals surface area contributed by atoms with Crippen LogP contribution in [-0.4, -0.2) is 83.7 Å². The number of hydrogen-bond donors (Lipinski definition) is 3. The van der Waals surface area contributed by atoms with Gasteiger partial charge >= 0.3 is 6.09 Å². The van der Waals surface area contributed by atoms with Gasteiger partial charge in [-0.3, -0.25) is 4.79 Å². The lowest BCUT2D eigenvalue weighted by Crippen LogP contribution is -2.53. The summed E-state index contributed by atoms with van der Waals surface area (Å²) in [6.07, 6.45) is 0.156. The maximum absolute atomic E-state index is 14.6. The zero-order valence-corrected chi connectivity index (χ0v) is 32.8. The molecular weight excluding hydrogens is 721 g/mol. The van der Waals surface area contributed by atoms with Gasteiger partial charge in [-0.25, -0.2) is 14.8 Å². The number of piperidine rings is 1. The van der Waals surface area contributed by atoms with E-state index in [0.29, 0.717) is 47.9 Å². The van der Waals surface area contributed by atoms with E-state index in [0.717, 1.165) is 45.4 Å². The minimum Gasteiger partial charge on any atom is -0.494 e. The van der Waals surface area contributed by atoms with E-state index in [4.69, 9.17) is 19.4 Å². The lowest BCUT2D eigenvalue weighted by atomic mass is 9.92. The van der Waals surface area contributed by atoms with Crippen LogP contribution >= 0.6 is 0 Å². The molecule has 3 aromatic carbocycles. The average Bonchev–Trinajstić information content (AvgIpc) is 3.92. The predicted molar refractivity (Wildman–Crippen MR) is 217 cm³/mol. The molecule has 6 atom stereocenters. The number of aryl methyl sites for hydroxylation is 1. The summed E-state index contributed by atoms with van der Waals surface area (Å²) in [4.78, 5) is 39.3. The van der Waals surface area contributed by atoms with Gasteiger partial charge < -0.3 is 39.0 Å². The van der Waals surface area contributed by atoms with Gasteiger partial charge in [0, 0.05) is 36.8 Å². The molecule has 3 N–H and O–H groups in total. The normalized spacial score (nSPS) is 23.1. The van der Waals surface area contributed by atoms with Gasteiger partial charge in [0.25, 0.3) is 5.91 Å². The summed E-state index contributed by atoms with van der Waals surface area (Å²) in [6.45, 7) is 9.05. The first kappa shape index (κ1) is 36.9. The van der Waals surface area contributed by atoms with Gasteiger partial charge in [-0.05, 0) is 104 Å². The summed E-state index contributed by atoms with van der Waals surface area (Å²) >= 11 is 0. The summed E-state index contributed by atoms with van der Waals surface area (Å²) in [5.74, 6) is 1.48. The first-order chi connectivity index (χ1) is 27.4. The Balaban J connectivity index is 1.17. The molecule has 1 saturated heterocycles. The van der Waals surface area contributed by atoms with Gasteiger partial charge in [-0.2, -0.15) is 0 Å². The Morgan fingerprint density at radius 1 is 0.965 bits per heavy atom. The second-order valence-corrected chi connectivity index (χ2v) is 16.8. The number of fused-ring (bicyclic) bond motifs is 13. The molecule has 3 aromatic heterocycles. The summed E-state index contributed by atoms with van der Waals surface area (Å²) in [7, 11) is 1.61. The minimum absolute atomic E-state index is 0.142. The van der Waals surface area contributed by atoms with Gasteiger partial charge in [-0.1, -0.05) is 49.4 Å². The third kappa shape index (κ3) is 6.50. The van der Waals surface area contributed by atoms with E-state index in [1.807, 2.05) is 80.3 Å².